The molecule has 0 atom stereocenters. The second kappa shape index (κ2) is 6.85. The van der Waals surface area contributed by atoms with Crippen molar-refractivity contribution in [2.75, 3.05) is 17.7 Å². The fourth-order valence-electron chi connectivity index (χ4n) is 3.87. The molecule has 1 aliphatic rings. The Morgan fingerprint density at radius 1 is 1.07 bits per heavy atom. The molecule has 1 saturated carbocycles. The number of benzene rings is 1. The normalized spacial score (nSPS) is 19.3. The first-order valence-electron chi connectivity index (χ1n) is 9.27. The summed E-state index contributed by atoms with van der Waals surface area (Å²) in [5.74, 6) is 2.93. The number of H-pyrrole nitrogens is 1. The second-order valence-corrected chi connectivity index (χ2v) is 8.24. The van der Waals surface area contributed by atoms with Gasteiger partial charge in [-0.15, -0.1) is 11.8 Å². The van der Waals surface area contributed by atoms with Gasteiger partial charge < -0.3 is 9.88 Å². The Hall–Kier alpha value is -2.60. The van der Waals surface area contributed by atoms with Gasteiger partial charge in [0.25, 0.3) is 0 Å². The molecule has 0 aliphatic heterocycles. The van der Waals surface area contributed by atoms with Gasteiger partial charge in [-0.1, -0.05) is 12.1 Å². The van der Waals surface area contributed by atoms with Gasteiger partial charge in [0.05, 0.1) is 10.9 Å². The molecule has 3 aromatic heterocycles. The number of hydrogen-bond acceptors (Lipinski definition) is 5. The lowest BCUT2D eigenvalue weighted by Gasteiger charge is -2.41. The van der Waals surface area contributed by atoms with E-state index in [-0.39, 0.29) is 0 Å². The van der Waals surface area contributed by atoms with E-state index in [4.69, 9.17) is 0 Å². The van der Waals surface area contributed by atoms with Gasteiger partial charge in [-0.2, -0.15) is 0 Å². The van der Waals surface area contributed by atoms with Gasteiger partial charge in [0.2, 0.25) is 0 Å². The lowest BCUT2D eigenvalue weighted by Crippen LogP contribution is -2.43. The van der Waals surface area contributed by atoms with Crippen molar-refractivity contribution in [3.8, 4) is 0 Å². The first kappa shape index (κ1) is 16.6. The third-order valence-electron chi connectivity index (χ3n) is 5.51. The fourth-order valence-corrected chi connectivity index (χ4v) is 5.06. The SMILES string of the molecule is CN(c1ncnc2[nH]ccc12)[C@H]1C[C@@H](CSc2cccc3ncccc23)C1. The molecule has 0 saturated heterocycles. The molecule has 1 aromatic carbocycles. The van der Waals surface area contributed by atoms with Crippen molar-refractivity contribution < 1.29 is 0 Å². The van der Waals surface area contributed by atoms with Gasteiger partial charge in [0.15, 0.2) is 0 Å². The number of nitrogens with zero attached hydrogens (tertiary/aromatic N) is 4. The Bertz CT molecular complexity index is 1080. The number of pyridine rings is 1. The summed E-state index contributed by atoms with van der Waals surface area (Å²) in [5.41, 5.74) is 1.98. The van der Waals surface area contributed by atoms with Gasteiger partial charge >= 0.3 is 0 Å². The van der Waals surface area contributed by atoms with E-state index in [0.717, 1.165) is 34.0 Å². The molecule has 136 valence electrons. The number of thioether (sulfide) groups is 1. The zero-order valence-corrected chi connectivity index (χ0v) is 16.0. The number of aromatic amines is 1. The predicted octanol–water partition coefficient (Wildman–Crippen LogP) is 4.51. The van der Waals surface area contributed by atoms with Crippen LogP contribution in [0, 0.1) is 5.92 Å². The van der Waals surface area contributed by atoms with Crippen molar-refractivity contribution >= 4 is 39.5 Å². The Kier molecular flexibility index (Phi) is 4.20. The maximum atomic E-state index is 4.52. The van der Waals surface area contributed by atoms with Crippen LogP contribution >= 0.6 is 11.8 Å². The lowest BCUT2D eigenvalue weighted by molar-refractivity contribution is 0.286. The summed E-state index contributed by atoms with van der Waals surface area (Å²) in [6, 6.07) is 13.2. The molecule has 1 N–H and O–H groups in total. The largest absolute Gasteiger partial charge is 0.356 e. The molecule has 4 aromatic rings. The minimum absolute atomic E-state index is 0.554. The zero-order chi connectivity index (χ0) is 18.2. The van der Waals surface area contributed by atoms with Gasteiger partial charge in [-0.3, -0.25) is 4.98 Å². The van der Waals surface area contributed by atoms with Crippen LogP contribution in [0.3, 0.4) is 0 Å². The molecular formula is C21H21N5S. The highest BCUT2D eigenvalue weighted by Gasteiger charge is 2.33. The smallest absolute Gasteiger partial charge is 0.142 e. The van der Waals surface area contributed by atoms with E-state index >= 15 is 0 Å². The minimum Gasteiger partial charge on any atom is -0.356 e. The molecule has 3 heterocycles. The molecule has 6 heteroatoms. The number of anilines is 1. The van der Waals surface area contributed by atoms with Crippen LogP contribution in [0.1, 0.15) is 12.8 Å². The van der Waals surface area contributed by atoms with Crippen LogP contribution in [-0.2, 0) is 0 Å². The number of hydrogen-bond donors (Lipinski definition) is 1. The number of fused-ring (bicyclic) bond motifs is 2. The van der Waals surface area contributed by atoms with E-state index in [2.05, 4.69) is 62.2 Å². The molecule has 5 nitrogen and oxygen atoms in total. The maximum absolute atomic E-state index is 4.52. The second-order valence-electron chi connectivity index (χ2n) is 7.18. The molecule has 1 fully saturated rings. The Morgan fingerprint density at radius 2 is 2.00 bits per heavy atom. The van der Waals surface area contributed by atoms with Crippen LogP contribution < -0.4 is 4.90 Å². The summed E-state index contributed by atoms with van der Waals surface area (Å²) in [7, 11) is 2.15. The summed E-state index contributed by atoms with van der Waals surface area (Å²) in [6.07, 6.45) is 7.85. The Balaban J connectivity index is 1.23. The zero-order valence-electron chi connectivity index (χ0n) is 15.2. The van der Waals surface area contributed by atoms with Crippen LogP contribution in [-0.4, -0.2) is 38.8 Å². The van der Waals surface area contributed by atoms with Gasteiger partial charge in [0, 0.05) is 41.5 Å². The van der Waals surface area contributed by atoms with Crippen LogP contribution in [0.2, 0.25) is 0 Å². The maximum Gasteiger partial charge on any atom is 0.142 e. The molecule has 0 spiro atoms. The standard InChI is InChI=1S/C21H21N5S/c1-26(21-17-7-9-23-20(17)24-13-25-21)15-10-14(11-15)12-27-19-6-2-5-18-16(19)4-3-8-22-18/h2-9,13-15H,10-12H2,1H3,(H,23,24,25)/t14-,15+. The fraction of sp³-hybridized carbons (Fsp3) is 0.286. The average molecular weight is 376 g/mol. The van der Waals surface area contributed by atoms with E-state index in [1.165, 1.54) is 23.1 Å². The third-order valence-corrected chi connectivity index (χ3v) is 6.81. The molecule has 1 aliphatic carbocycles. The molecule has 0 bridgehead atoms. The Morgan fingerprint density at radius 3 is 2.93 bits per heavy atom. The van der Waals surface area contributed by atoms with Crippen molar-refractivity contribution in [2.45, 2.75) is 23.8 Å². The van der Waals surface area contributed by atoms with E-state index in [0.29, 0.717) is 6.04 Å². The molecule has 0 radical (unpaired) electrons. The number of rotatable bonds is 5. The molecule has 27 heavy (non-hydrogen) atoms. The molecule has 0 unspecified atom stereocenters. The van der Waals surface area contributed by atoms with E-state index in [9.17, 15) is 0 Å². The summed E-state index contributed by atoms with van der Waals surface area (Å²) in [6.45, 7) is 0. The Labute approximate surface area is 162 Å². The lowest BCUT2D eigenvalue weighted by atomic mass is 9.81. The first-order chi connectivity index (χ1) is 13.3. The van der Waals surface area contributed by atoms with E-state index < -0.39 is 0 Å². The predicted molar refractivity (Wildman–Crippen MR) is 111 cm³/mol. The molecular weight excluding hydrogens is 354 g/mol. The number of aromatic nitrogens is 4. The molecule has 5 rings (SSSR count). The summed E-state index contributed by atoms with van der Waals surface area (Å²) in [4.78, 5) is 20.1. The van der Waals surface area contributed by atoms with Gasteiger partial charge in [-0.05, 0) is 43.0 Å². The van der Waals surface area contributed by atoms with Gasteiger partial charge in [-0.25, -0.2) is 9.97 Å². The van der Waals surface area contributed by atoms with Crippen molar-refractivity contribution in [1.82, 2.24) is 19.9 Å². The van der Waals surface area contributed by atoms with Crippen molar-refractivity contribution in [1.29, 1.82) is 0 Å². The highest BCUT2D eigenvalue weighted by Crippen LogP contribution is 2.39. The third kappa shape index (κ3) is 3.04. The van der Waals surface area contributed by atoms with Crippen LogP contribution in [0.15, 0.2) is 60.0 Å². The first-order valence-corrected chi connectivity index (χ1v) is 10.3. The van der Waals surface area contributed by atoms with E-state index in [1.807, 2.05) is 30.2 Å². The average Bonchev–Trinajstić information content (AvgIpc) is 3.15. The summed E-state index contributed by atoms with van der Waals surface area (Å²) < 4.78 is 0. The van der Waals surface area contributed by atoms with Crippen LogP contribution in [0.4, 0.5) is 5.82 Å². The highest BCUT2D eigenvalue weighted by atomic mass is 32.2. The minimum atomic E-state index is 0.554. The van der Waals surface area contributed by atoms with Crippen molar-refractivity contribution in [3.05, 3.63) is 55.1 Å². The number of nitrogens with one attached hydrogen (secondary N) is 1. The van der Waals surface area contributed by atoms with Crippen LogP contribution in [0.5, 0.6) is 0 Å². The van der Waals surface area contributed by atoms with E-state index in [1.54, 1.807) is 6.33 Å². The quantitative estimate of drug-likeness (QED) is 0.520. The molecule has 0 amide bonds. The van der Waals surface area contributed by atoms with Crippen molar-refractivity contribution in [3.63, 3.8) is 0 Å². The highest BCUT2D eigenvalue weighted by molar-refractivity contribution is 7.99. The van der Waals surface area contributed by atoms with Crippen molar-refractivity contribution in [2.24, 2.45) is 5.92 Å². The van der Waals surface area contributed by atoms with Crippen LogP contribution in [0.25, 0.3) is 21.9 Å². The summed E-state index contributed by atoms with van der Waals surface area (Å²) >= 11 is 1.96. The summed E-state index contributed by atoms with van der Waals surface area (Å²) in [5, 5.41) is 2.36. The topological polar surface area (TPSA) is 57.7 Å². The van der Waals surface area contributed by atoms with Gasteiger partial charge in [0.1, 0.15) is 17.8 Å². The monoisotopic (exact) mass is 375 g/mol.